The molecule has 3 aromatic carbocycles. The zero-order valence-electron chi connectivity index (χ0n) is 23.7. The summed E-state index contributed by atoms with van der Waals surface area (Å²) in [4.78, 5) is 28.4. The Morgan fingerprint density at radius 1 is 1.07 bits per heavy atom. The topological polar surface area (TPSA) is 140 Å². The molecule has 0 aliphatic carbocycles. The first-order valence-electron chi connectivity index (χ1n) is 13.5. The molecular formula is C31H34N4O5S2. The van der Waals surface area contributed by atoms with Gasteiger partial charge in [0, 0.05) is 17.8 Å². The minimum absolute atomic E-state index is 0.0256. The molecule has 11 heteroatoms. The maximum atomic E-state index is 13.8. The molecule has 3 aromatic rings. The lowest BCUT2D eigenvalue weighted by Crippen LogP contribution is -2.55. The third kappa shape index (κ3) is 7.57. The highest BCUT2D eigenvalue weighted by Crippen LogP contribution is 2.39. The third-order valence-corrected chi connectivity index (χ3v) is 9.98. The van der Waals surface area contributed by atoms with Crippen molar-refractivity contribution in [2.24, 2.45) is 0 Å². The SMILES string of the molecule is Cc1ccccc1CNC(=O)C1SC(C)(C)CN1C(=O)[C@@H](O)[C@H](Cc1ccccc1)NS(=O)(=O)c1ccc(C#N)cc1. The van der Waals surface area contributed by atoms with Gasteiger partial charge in [0.25, 0.3) is 11.8 Å². The molecule has 1 heterocycles. The second-order valence-electron chi connectivity index (χ2n) is 10.8. The molecule has 0 saturated carbocycles. The standard InChI is InChI=1S/C31H34N4O5S2/c1-21-9-7-8-12-24(21)19-33-28(37)30-35(20-31(2,3)41-30)29(38)27(36)26(17-22-10-5-4-6-11-22)34-42(39,40)25-15-13-23(18-32)14-16-25/h4-16,26-27,30,34,36H,17,19-20H2,1-3H3,(H,33,37)/t26-,27-,30?/m0/s1. The summed E-state index contributed by atoms with van der Waals surface area (Å²) in [5.41, 5.74) is 2.98. The molecule has 42 heavy (non-hydrogen) atoms. The van der Waals surface area contributed by atoms with Crippen molar-refractivity contribution < 1.29 is 23.1 Å². The van der Waals surface area contributed by atoms with Crippen molar-refractivity contribution >= 4 is 33.6 Å². The Kier molecular flexibility index (Phi) is 9.74. The zero-order chi connectivity index (χ0) is 30.5. The lowest BCUT2D eigenvalue weighted by molar-refractivity contribution is -0.145. The second-order valence-corrected chi connectivity index (χ2v) is 14.3. The van der Waals surface area contributed by atoms with Crippen LogP contribution in [-0.4, -0.2) is 59.1 Å². The average molecular weight is 607 g/mol. The molecule has 1 saturated heterocycles. The van der Waals surface area contributed by atoms with Gasteiger partial charge in [-0.05, 0) is 68.1 Å². The number of nitrogens with one attached hydrogen (secondary N) is 2. The van der Waals surface area contributed by atoms with Gasteiger partial charge in [0.2, 0.25) is 10.0 Å². The molecule has 220 valence electrons. The molecule has 3 N–H and O–H groups in total. The number of carbonyl (C=O) groups excluding carboxylic acids is 2. The Labute approximate surface area is 251 Å². The van der Waals surface area contributed by atoms with Gasteiger partial charge < -0.3 is 15.3 Å². The highest BCUT2D eigenvalue weighted by molar-refractivity contribution is 8.02. The molecule has 0 aromatic heterocycles. The van der Waals surface area contributed by atoms with Gasteiger partial charge in [0.05, 0.1) is 22.6 Å². The first kappa shape index (κ1) is 31.3. The summed E-state index contributed by atoms with van der Waals surface area (Å²) in [5.74, 6) is -1.11. The number of thioether (sulfide) groups is 1. The van der Waals surface area contributed by atoms with E-state index in [1.165, 1.54) is 40.9 Å². The quantitative estimate of drug-likeness (QED) is 0.322. The van der Waals surface area contributed by atoms with Crippen LogP contribution in [0.3, 0.4) is 0 Å². The lowest BCUT2D eigenvalue weighted by Gasteiger charge is -2.30. The molecule has 2 amide bonds. The van der Waals surface area contributed by atoms with Gasteiger partial charge in [-0.25, -0.2) is 13.1 Å². The number of rotatable bonds is 10. The highest BCUT2D eigenvalue weighted by Gasteiger charge is 2.47. The lowest BCUT2D eigenvalue weighted by atomic mass is 10.0. The minimum Gasteiger partial charge on any atom is -0.382 e. The Morgan fingerprint density at radius 2 is 1.71 bits per heavy atom. The van der Waals surface area contributed by atoms with Gasteiger partial charge in [-0.1, -0.05) is 54.6 Å². The van der Waals surface area contributed by atoms with Crippen LogP contribution in [0.25, 0.3) is 0 Å². The van der Waals surface area contributed by atoms with Crippen molar-refractivity contribution in [2.45, 2.75) is 60.9 Å². The first-order valence-corrected chi connectivity index (χ1v) is 15.8. The van der Waals surface area contributed by atoms with Crippen molar-refractivity contribution in [2.75, 3.05) is 6.54 Å². The van der Waals surface area contributed by atoms with Crippen LogP contribution in [0.5, 0.6) is 0 Å². The number of aliphatic hydroxyl groups is 1. The Morgan fingerprint density at radius 3 is 2.36 bits per heavy atom. The molecule has 0 spiro atoms. The first-order chi connectivity index (χ1) is 19.9. The summed E-state index contributed by atoms with van der Waals surface area (Å²) >= 11 is 1.32. The zero-order valence-corrected chi connectivity index (χ0v) is 25.3. The van der Waals surface area contributed by atoms with E-state index in [-0.39, 0.29) is 30.3 Å². The Hall–Kier alpha value is -3.69. The van der Waals surface area contributed by atoms with E-state index in [2.05, 4.69) is 10.0 Å². The number of sulfonamides is 1. The number of nitriles is 1. The minimum atomic E-state index is -4.18. The van der Waals surface area contributed by atoms with E-state index in [1.54, 1.807) is 24.3 Å². The molecule has 9 nitrogen and oxygen atoms in total. The summed E-state index contributed by atoms with van der Waals surface area (Å²) in [6, 6.07) is 22.7. The number of carbonyl (C=O) groups is 2. The molecule has 0 radical (unpaired) electrons. The van der Waals surface area contributed by atoms with E-state index in [1.807, 2.05) is 57.2 Å². The molecule has 4 rings (SSSR count). The van der Waals surface area contributed by atoms with E-state index < -0.39 is 38.2 Å². The van der Waals surface area contributed by atoms with E-state index in [9.17, 15) is 23.1 Å². The van der Waals surface area contributed by atoms with Crippen LogP contribution in [0.1, 0.15) is 36.1 Å². The summed E-state index contributed by atoms with van der Waals surface area (Å²) in [6.45, 7) is 6.25. The van der Waals surface area contributed by atoms with Crippen molar-refractivity contribution in [1.29, 1.82) is 5.26 Å². The molecule has 1 aliphatic rings. The molecule has 1 aliphatic heterocycles. The fraction of sp³-hybridized carbons (Fsp3) is 0.323. The predicted molar refractivity (Wildman–Crippen MR) is 162 cm³/mol. The van der Waals surface area contributed by atoms with Crippen molar-refractivity contribution in [3.63, 3.8) is 0 Å². The molecular weight excluding hydrogens is 572 g/mol. The van der Waals surface area contributed by atoms with Gasteiger partial charge in [-0.2, -0.15) is 5.26 Å². The Bertz CT molecular complexity index is 1570. The van der Waals surface area contributed by atoms with Crippen molar-refractivity contribution in [3.8, 4) is 6.07 Å². The van der Waals surface area contributed by atoms with Crippen LogP contribution < -0.4 is 10.0 Å². The number of amides is 2. The molecule has 3 atom stereocenters. The summed E-state index contributed by atoms with van der Waals surface area (Å²) in [7, 11) is -4.18. The monoisotopic (exact) mass is 606 g/mol. The molecule has 1 unspecified atom stereocenters. The fourth-order valence-corrected chi connectivity index (χ4v) is 7.32. The number of nitrogens with zero attached hydrogens (tertiary/aromatic N) is 2. The number of hydrogen-bond acceptors (Lipinski definition) is 7. The molecule has 0 bridgehead atoms. The number of aryl methyl sites for hydroxylation is 1. The van der Waals surface area contributed by atoms with E-state index >= 15 is 0 Å². The maximum Gasteiger partial charge on any atom is 0.254 e. The molecule has 1 fully saturated rings. The predicted octanol–water partition coefficient (Wildman–Crippen LogP) is 3.11. The van der Waals surface area contributed by atoms with Gasteiger partial charge in [-0.3, -0.25) is 9.59 Å². The van der Waals surface area contributed by atoms with Crippen LogP contribution >= 0.6 is 11.8 Å². The fourth-order valence-electron chi connectivity index (χ4n) is 4.77. The van der Waals surface area contributed by atoms with Gasteiger partial charge in [-0.15, -0.1) is 11.8 Å². The van der Waals surface area contributed by atoms with Crippen LogP contribution in [0.4, 0.5) is 0 Å². The normalized spacial score (nSPS) is 17.7. The summed E-state index contributed by atoms with van der Waals surface area (Å²) < 4.78 is 28.6. The van der Waals surface area contributed by atoms with Crippen molar-refractivity contribution in [3.05, 3.63) is 101 Å². The van der Waals surface area contributed by atoms with E-state index in [0.29, 0.717) is 11.1 Å². The van der Waals surface area contributed by atoms with Gasteiger partial charge >= 0.3 is 0 Å². The Balaban J connectivity index is 1.57. The van der Waals surface area contributed by atoms with Gasteiger partial charge in [0.15, 0.2) is 5.37 Å². The summed E-state index contributed by atoms with van der Waals surface area (Å²) in [5, 5.41) is 22.5. The van der Waals surface area contributed by atoms with Crippen LogP contribution in [0.2, 0.25) is 0 Å². The number of aliphatic hydroxyl groups excluding tert-OH is 1. The van der Waals surface area contributed by atoms with Crippen molar-refractivity contribution in [1.82, 2.24) is 14.9 Å². The second kappa shape index (κ2) is 13.1. The smallest absolute Gasteiger partial charge is 0.254 e. The highest BCUT2D eigenvalue weighted by atomic mass is 32.2. The number of benzene rings is 3. The maximum absolute atomic E-state index is 13.8. The van der Waals surface area contributed by atoms with Crippen LogP contribution in [0.15, 0.2) is 83.8 Å². The van der Waals surface area contributed by atoms with Crippen LogP contribution in [-0.2, 0) is 32.6 Å². The number of hydrogen-bond donors (Lipinski definition) is 3. The largest absolute Gasteiger partial charge is 0.382 e. The van der Waals surface area contributed by atoms with E-state index in [0.717, 1.165) is 11.1 Å². The average Bonchev–Trinajstić information content (AvgIpc) is 3.31. The van der Waals surface area contributed by atoms with Crippen LogP contribution in [0, 0.1) is 18.3 Å². The summed E-state index contributed by atoms with van der Waals surface area (Å²) in [6.07, 6.45) is -1.75. The van der Waals surface area contributed by atoms with E-state index in [4.69, 9.17) is 5.26 Å². The third-order valence-electron chi connectivity index (χ3n) is 7.02. The van der Waals surface area contributed by atoms with Gasteiger partial charge in [0.1, 0.15) is 6.10 Å².